The van der Waals surface area contributed by atoms with Gasteiger partial charge in [0.1, 0.15) is 18.8 Å². The Morgan fingerprint density at radius 3 is 2.72 bits per heavy atom. The molecular weight excluding hydrogens is 343 g/mol. The number of H-pyrrole nitrogens is 1. The molecule has 2 aromatic carbocycles. The summed E-state index contributed by atoms with van der Waals surface area (Å²) in [7, 11) is 1.59. The molecule has 130 valence electrons. The maximum absolute atomic E-state index is 13.0. The quantitative estimate of drug-likeness (QED) is 0.632. The number of nitrogens with one attached hydrogen (secondary N) is 2. The summed E-state index contributed by atoms with van der Waals surface area (Å²) in [6.45, 7) is 0.766. The molecule has 0 aliphatic heterocycles. The molecule has 3 rings (SSSR count). The third-order valence-corrected chi connectivity index (χ3v) is 3.86. The van der Waals surface area contributed by atoms with E-state index in [0.717, 1.165) is 11.1 Å². The van der Waals surface area contributed by atoms with Gasteiger partial charge >= 0.3 is 0 Å². The lowest BCUT2D eigenvalue weighted by Crippen LogP contribution is -2.14. The second-order valence-corrected chi connectivity index (χ2v) is 5.62. The van der Waals surface area contributed by atoms with Crippen LogP contribution < -0.4 is 14.9 Å². The van der Waals surface area contributed by atoms with Crippen LogP contribution in [0.2, 0.25) is 0 Å². The van der Waals surface area contributed by atoms with Gasteiger partial charge in [-0.3, -0.25) is 5.10 Å². The van der Waals surface area contributed by atoms with Gasteiger partial charge in [-0.15, -0.1) is 0 Å². The van der Waals surface area contributed by atoms with Crippen molar-refractivity contribution >= 4 is 12.2 Å². The van der Waals surface area contributed by atoms with Crippen LogP contribution >= 0.6 is 12.2 Å². The van der Waals surface area contributed by atoms with E-state index in [2.05, 4.69) is 15.6 Å². The standard InChI is InChI=1S/C17H17FN4O2S/c1-23-15-4-2-3-13(9-20-22-11-19-21-17(22)25)16(15)24-10-12-5-7-14(18)8-6-12/h2-8,11,20H,9-10H2,1H3,(H,21,25). The molecule has 0 fully saturated rings. The second kappa shape index (κ2) is 7.80. The van der Waals surface area contributed by atoms with Gasteiger partial charge in [0, 0.05) is 5.56 Å². The van der Waals surface area contributed by atoms with Crippen LogP contribution in [0, 0.1) is 10.6 Å². The van der Waals surface area contributed by atoms with Gasteiger partial charge < -0.3 is 14.9 Å². The maximum atomic E-state index is 13.0. The Hall–Kier alpha value is -2.87. The molecule has 0 unspecified atom stereocenters. The Kier molecular flexibility index (Phi) is 5.30. The van der Waals surface area contributed by atoms with Crippen molar-refractivity contribution in [2.75, 3.05) is 12.5 Å². The van der Waals surface area contributed by atoms with Gasteiger partial charge in [-0.1, -0.05) is 24.3 Å². The van der Waals surface area contributed by atoms with E-state index in [9.17, 15) is 4.39 Å². The minimum atomic E-state index is -0.275. The van der Waals surface area contributed by atoms with E-state index >= 15 is 0 Å². The Balaban J connectivity index is 1.77. The molecule has 0 amide bonds. The minimum absolute atomic E-state index is 0.275. The summed E-state index contributed by atoms with van der Waals surface area (Å²) in [4.78, 5) is 0. The SMILES string of the molecule is COc1cccc(CNn2cn[nH]c2=S)c1OCc1ccc(F)cc1. The lowest BCUT2D eigenvalue weighted by molar-refractivity contribution is 0.281. The summed E-state index contributed by atoms with van der Waals surface area (Å²) in [5.41, 5.74) is 4.90. The van der Waals surface area contributed by atoms with Gasteiger partial charge in [0.2, 0.25) is 4.77 Å². The van der Waals surface area contributed by atoms with E-state index in [1.165, 1.54) is 12.1 Å². The summed E-state index contributed by atoms with van der Waals surface area (Å²) in [5.74, 6) is 0.969. The summed E-state index contributed by atoms with van der Waals surface area (Å²) in [6.07, 6.45) is 1.56. The van der Waals surface area contributed by atoms with Crippen LogP contribution in [0.5, 0.6) is 11.5 Å². The number of halogens is 1. The Labute approximate surface area is 149 Å². The van der Waals surface area contributed by atoms with Crippen molar-refractivity contribution in [3.63, 3.8) is 0 Å². The molecule has 0 bridgehead atoms. The molecule has 0 saturated carbocycles. The molecule has 0 radical (unpaired) electrons. The fraction of sp³-hybridized carbons (Fsp3) is 0.176. The number of methoxy groups -OCH3 is 1. The molecule has 25 heavy (non-hydrogen) atoms. The van der Waals surface area contributed by atoms with Crippen molar-refractivity contribution in [1.29, 1.82) is 0 Å². The van der Waals surface area contributed by atoms with Crippen LogP contribution in [0.1, 0.15) is 11.1 Å². The predicted octanol–water partition coefficient (Wildman–Crippen LogP) is 3.41. The summed E-state index contributed by atoms with van der Waals surface area (Å²) >= 11 is 5.10. The number of benzene rings is 2. The normalized spacial score (nSPS) is 10.5. The molecule has 0 spiro atoms. The second-order valence-electron chi connectivity index (χ2n) is 5.23. The number of hydrogen-bond donors (Lipinski definition) is 2. The fourth-order valence-electron chi connectivity index (χ4n) is 2.29. The van der Waals surface area contributed by atoms with Crippen LogP contribution in [-0.4, -0.2) is 22.0 Å². The smallest absolute Gasteiger partial charge is 0.214 e. The first-order valence-electron chi connectivity index (χ1n) is 7.56. The molecule has 6 nitrogen and oxygen atoms in total. The third kappa shape index (κ3) is 4.16. The average molecular weight is 360 g/mol. The summed E-state index contributed by atoms with van der Waals surface area (Å²) in [6, 6.07) is 11.8. The largest absolute Gasteiger partial charge is 0.493 e. The van der Waals surface area contributed by atoms with Gasteiger partial charge in [-0.25, -0.2) is 9.07 Å². The van der Waals surface area contributed by atoms with Gasteiger partial charge in [-0.2, -0.15) is 5.10 Å². The molecular formula is C17H17FN4O2S. The molecule has 0 aliphatic rings. The molecule has 1 aromatic heterocycles. The number of aromatic amines is 1. The van der Waals surface area contributed by atoms with E-state index in [0.29, 0.717) is 29.4 Å². The summed E-state index contributed by atoms with van der Waals surface area (Å²) in [5, 5.41) is 6.53. The zero-order chi connectivity index (χ0) is 17.6. The van der Waals surface area contributed by atoms with Crippen LogP contribution in [-0.2, 0) is 13.2 Å². The molecule has 0 aliphatic carbocycles. The van der Waals surface area contributed by atoms with Crippen molar-refractivity contribution in [2.45, 2.75) is 13.2 Å². The Bertz CT molecular complexity index is 892. The van der Waals surface area contributed by atoms with Crippen LogP contribution in [0.3, 0.4) is 0 Å². The molecule has 8 heteroatoms. The monoisotopic (exact) mass is 360 g/mol. The molecule has 3 aromatic rings. The van der Waals surface area contributed by atoms with E-state index in [1.807, 2.05) is 18.2 Å². The predicted molar refractivity (Wildman–Crippen MR) is 94.2 cm³/mol. The number of ether oxygens (including phenoxy) is 2. The minimum Gasteiger partial charge on any atom is -0.493 e. The van der Waals surface area contributed by atoms with Gasteiger partial charge in [0.15, 0.2) is 11.5 Å². The van der Waals surface area contributed by atoms with Crippen molar-refractivity contribution < 1.29 is 13.9 Å². The van der Waals surface area contributed by atoms with Gasteiger partial charge in [-0.05, 0) is 36.0 Å². The third-order valence-electron chi connectivity index (χ3n) is 3.57. The summed E-state index contributed by atoms with van der Waals surface area (Å²) < 4.78 is 26.4. The van der Waals surface area contributed by atoms with E-state index in [1.54, 1.807) is 30.2 Å². The average Bonchev–Trinajstić information content (AvgIpc) is 3.04. The van der Waals surface area contributed by atoms with Crippen molar-refractivity contribution in [2.24, 2.45) is 0 Å². The molecule has 2 N–H and O–H groups in total. The first kappa shape index (κ1) is 17.0. The van der Waals surface area contributed by atoms with Crippen LogP contribution in [0.4, 0.5) is 4.39 Å². The number of para-hydroxylation sites is 1. The highest BCUT2D eigenvalue weighted by Crippen LogP contribution is 2.32. The molecule has 1 heterocycles. The molecule has 0 saturated heterocycles. The molecule has 0 atom stereocenters. The van der Waals surface area contributed by atoms with Gasteiger partial charge in [0.25, 0.3) is 0 Å². The van der Waals surface area contributed by atoms with Crippen LogP contribution in [0.15, 0.2) is 48.8 Å². The number of aromatic nitrogens is 3. The maximum Gasteiger partial charge on any atom is 0.214 e. The highest BCUT2D eigenvalue weighted by molar-refractivity contribution is 7.71. The van der Waals surface area contributed by atoms with Crippen molar-refractivity contribution in [3.8, 4) is 11.5 Å². The number of hydrogen-bond acceptors (Lipinski definition) is 5. The van der Waals surface area contributed by atoms with E-state index in [4.69, 9.17) is 21.7 Å². The highest BCUT2D eigenvalue weighted by atomic mass is 32.1. The zero-order valence-corrected chi connectivity index (χ0v) is 14.3. The topological polar surface area (TPSA) is 64.1 Å². The highest BCUT2D eigenvalue weighted by Gasteiger charge is 2.11. The number of nitrogens with zero attached hydrogens (tertiary/aromatic N) is 2. The van der Waals surface area contributed by atoms with Crippen molar-refractivity contribution in [1.82, 2.24) is 14.9 Å². The van der Waals surface area contributed by atoms with Crippen molar-refractivity contribution in [3.05, 3.63) is 70.5 Å². The first-order valence-corrected chi connectivity index (χ1v) is 7.97. The fourth-order valence-corrected chi connectivity index (χ4v) is 2.46. The lowest BCUT2D eigenvalue weighted by Gasteiger charge is -2.16. The van der Waals surface area contributed by atoms with E-state index < -0.39 is 0 Å². The van der Waals surface area contributed by atoms with E-state index in [-0.39, 0.29) is 5.82 Å². The Morgan fingerprint density at radius 1 is 1.24 bits per heavy atom. The zero-order valence-electron chi connectivity index (χ0n) is 13.5. The first-order chi connectivity index (χ1) is 12.2. The van der Waals surface area contributed by atoms with Gasteiger partial charge in [0.05, 0.1) is 13.7 Å². The lowest BCUT2D eigenvalue weighted by atomic mass is 10.2. The number of rotatable bonds is 7. The Morgan fingerprint density at radius 2 is 2.04 bits per heavy atom. The van der Waals surface area contributed by atoms with Crippen LogP contribution in [0.25, 0.3) is 0 Å².